The number of halogens is 1. The van der Waals surface area contributed by atoms with Crippen molar-refractivity contribution < 1.29 is 28.4 Å². The third-order valence-electron chi connectivity index (χ3n) is 5.21. The molecule has 0 atom stereocenters. The van der Waals surface area contributed by atoms with E-state index >= 15 is 0 Å². The Labute approximate surface area is 190 Å². The number of imide groups is 1. The third kappa shape index (κ3) is 5.41. The van der Waals surface area contributed by atoms with Gasteiger partial charge in [-0.2, -0.15) is 0 Å². The highest BCUT2D eigenvalue weighted by Crippen LogP contribution is 2.33. The largest absolute Gasteiger partial charge is 0.383 e. The fourth-order valence-electron chi connectivity index (χ4n) is 3.52. The van der Waals surface area contributed by atoms with Crippen LogP contribution in [-0.2, 0) is 25.6 Å². The molecule has 0 aliphatic carbocycles. The van der Waals surface area contributed by atoms with Crippen molar-refractivity contribution in [3.63, 3.8) is 0 Å². The summed E-state index contributed by atoms with van der Waals surface area (Å²) in [7, 11) is 3.06. The molecule has 2 aromatic carbocycles. The van der Waals surface area contributed by atoms with Crippen LogP contribution in [0.1, 0.15) is 11.1 Å². The maximum Gasteiger partial charge on any atom is 0.278 e. The SMILES string of the molecule is COCCN(CCOC)C1=C(c2ccc([N+](=O)[O-])cc2)C(=O)N(Cc2ccc(F)cc2)C1=O. The molecule has 1 aliphatic rings. The van der Waals surface area contributed by atoms with Gasteiger partial charge in [0.15, 0.2) is 0 Å². The first-order valence-corrected chi connectivity index (χ1v) is 10.2. The predicted octanol–water partition coefficient (Wildman–Crippen LogP) is 2.61. The highest BCUT2D eigenvalue weighted by atomic mass is 19.1. The second-order valence-corrected chi connectivity index (χ2v) is 7.32. The van der Waals surface area contributed by atoms with Crippen LogP contribution in [0.3, 0.4) is 0 Å². The average Bonchev–Trinajstić information content (AvgIpc) is 3.05. The van der Waals surface area contributed by atoms with Gasteiger partial charge in [0.2, 0.25) is 0 Å². The number of nitro groups is 1. The van der Waals surface area contributed by atoms with E-state index in [1.165, 1.54) is 62.8 Å². The summed E-state index contributed by atoms with van der Waals surface area (Å²) in [6.07, 6.45) is 0. The first-order chi connectivity index (χ1) is 15.9. The lowest BCUT2D eigenvalue weighted by atomic mass is 10.0. The molecule has 0 aromatic heterocycles. The van der Waals surface area contributed by atoms with E-state index in [1.807, 2.05) is 0 Å². The van der Waals surface area contributed by atoms with Crippen molar-refractivity contribution in [3.8, 4) is 0 Å². The first-order valence-electron chi connectivity index (χ1n) is 10.2. The van der Waals surface area contributed by atoms with Crippen molar-refractivity contribution in [2.75, 3.05) is 40.5 Å². The van der Waals surface area contributed by atoms with Gasteiger partial charge in [-0.3, -0.25) is 24.6 Å². The van der Waals surface area contributed by atoms with Crippen LogP contribution in [-0.4, -0.2) is 67.1 Å². The molecule has 0 unspecified atom stereocenters. The molecule has 9 nitrogen and oxygen atoms in total. The number of amides is 2. The molecule has 3 rings (SSSR count). The lowest BCUT2D eigenvalue weighted by Crippen LogP contribution is -2.37. The van der Waals surface area contributed by atoms with Crippen LogP contribution < -0.4 is 0 Å². The number of hydrogen-bond acceptors (Lipinski definition) is 7. The molecule has 0 saturated heterocycles. The summed E-state index contributed by atoms with van der Waals surface area (Å²) >= 11 is 0. The number of rotatable bonds is 11. The van der Waals surface area contributed by atoms with E-state index in [2.05, 4.69) is 0 Å². The smallest absolute Gasteiger partial charge is 0.278 e. The van der Waals surface area contributed by atoms with E-state index in [0.29, 0.717) is 37.4 Å². The second kappa shape index (κ2) is 10.8. The molecule has 1 heterocycles. The average molecular weight is 457 g/mol. The summed E-state index contributed by atoms with van der Waals surface area (Å²) in [5, 5.41) is 11.0. The Balaban J connectivity index is 2.04. The van der Waals surface area contributed by atoms with Gasteiger partial charge in [0, 0.05) is 39.4 Å². The van der Waals surface area contributed by atoms with Crippen molar-refractivity contribution in [2.45, 2.75) is 6.54 Å². The molecule has 0 saturated carbocycles. The molecule has 0 spiro atoms. The number of nitro benzene ring substituents is 1. The highest BCUT2D eigenvalue weighted by molar-refractivity contribution is 6.35. The van der Waals surface area contributed by atoms with Crippen LogP contribution in [0.2, 0.25) is 0 Å². The van der Waals surface area contributed by atoms with Crippen molar-refractivity contribution in [1.82, 2.24) is 9.80 Å². The Morgan fingerprint density at radius 1 is 0.939 bits per heavy atom. The summed E-state index contributed by atoms with van der Waals surface area (Å²) in [6.45, 7) is 1.23. The van der Waals surface area contributed by atoms with Gasteiger partial charge in [-0.25, -0.2) is 4.39 Å². The van der Waals surface area contributed by atoms with E-state index in [1.54, 1.807) is 4.90 Å². The Kier molecular flexibility index (Phi) is 7.86. The number of methoxy groups -OCH3 is 2. The van der Waals surface area contributed by atoms with E-state index in [9.17, 15) is 24.1 Å². The summed E-state index contributed by atoms with van der Waals surface area (Å²) < 4.78 is 23.6. The van der Waals surface area contributed by atoms with Gasteiger partial charge in [0.05, 0.1) is 30.3 Å². The summed E-state index contributed by atoms with van der Waals surface area (Å²) in [5.41, 5.74) is 1.16. The van der Waals surface area contributed by atoms with Gasteiger partial charge in [-0.1, -0.05) is 12.1 Å². The molecular formula is C23H24FN3O6. The third-order valence-corrected chi connectivity index (χ3v) is 5.21. The molecule has 33 heavy (non-hydrogen) atoms. The Morgan fingerprint density at radius 2 is 1.52 bits per heavy atom. The van der Waals surface area contributed by atoms with Gasteiger partial charge in [0.25, 0.3) is 17.5 Å². The van der Waals surface area contributed by atoms with Crippen LogP contribution in [0.4, 0.5) is 10.1 Å². The second-order valence-electron chi connectivity index (χ2n) is 7.32. The molecule has 0 radical (unpaired) electrons. The van der Waals surface area contributed by atoms with Gasteiger partial charge in [0.1, 0.15) is 11.5 Å². The fourth-order valence-corrected chi connectivity index (χ4v) is 3.52. The molecule has 1 aliphatic heterocycles. The number of carbonyl (C=O) groups excluding carboxylic acids is 2. The maximum absolute atomic E-state index is 13.5. The maximum atomic E-state index is 13.5. The monoisotopic (exact) mass is 457 g/mol. The lowest BCUT2D eigenvalue weighted by molar-refractivity contribution is -0.384. The molecular weight excluding hydrogens is 433 g/mol. The Hall–Kier alpha value is -3.63. The van der Waals surface area contributed by atoms with Crippen LogP contribution in [0.25, 0.3) is 5.57 Å². The standard InChI is InChI=1S/C23H24FN3O6/c1-32-13-11-25(12-14-33-2)21-20(17-5-9-19(10-6-17)27(30)31)22(28)26(23(21)29)15-16-3-7-18(24)8-4-16/h3-10H,11-15H2,1-2H3. The molecule has 0 bridgehead atoms. The first kappa shape index (κ1) is 24.0. The minimum atomic E-state index is -0.537. The van der Waals surface area contributed by atoms with Gasteiger partial charge < -0.3 is 14.4 Å². The minimum Gasteiger partial charge on any atom is -0.383 e. The predicted molar refractivity (Wildman–Crippen MR) is 117 cm³/mol. The number of ether oxygens (including phenoxy) is 2. The van der Waals surface area contributed by atoms with Crippen LogP contribution in [0.5, 0.6) is 0 Å². The minimum absolute atomic E-state index is 0.0413. The Bertz CT molecular complexity index is 1040. The topological polar surface area (TPSA) is 102 Å². The van der Waals surface area contributed by atoms with Crippen molar-refractivity contribution in [1.29, 1.82) is 0 Å². The molecule has 0 fully saturated rings. The normalized spacial score (nSPS) is 13.7. The van der Waals surface area contributed by atoms with Crippen LogP contribution >= 0.6 is 0 Å². The van der Waals surface area contributed by atoms with Crippen molar-refractivity contribution in [3.05, 3.63) is 81.3 Å². The quantitative estimate of drug-likeness (QED) is 0.290. The van der Waals surface area contributed by atoms with Gasteiger partial charge in [-0.05, 0) is 35.4 Å². The van der Waals surface area contributed by atoms with Gasteiger partial charge >= 0.3 is 0 Å². The van der Waals surface area contributed by atoms with E-state index < -0.39 is 22.6 Å². The zero-order valence-electron chi connectivity index (χ0n) is 18.3. The van der Waals surface area contributed by atoms with Gasteiger partial charge in [-0.15, -0.1) is 0 Å². The van der Waals surface area contributed by atoms with E-state index in [4.69, 9.17) is 9.47 Å². The Morgan fingerprint density at radius 3 is 2.03 bits per heavy atom. The van der Waals surface area contributed by atoms with Crippen molar-refractivity contribution >= 4 is 23.1 Å². The van der Waals surface area contributed by atoms with E-state index in [0.717, 1.165) is 4.90 Å². The van der Waals surface area contributed by atoms with Crippen LogP contribution in [0, 0.1) is 15.9 Å². The number of benzene rings is 2. The molecule has 2 aromatic rings. The molecule has 10 heteroatoms. The highest BCUT2D eigenvalue weighted by Gasteiger charge is 2.41. The van der Waals surface area contributed by atoms with Crippen LogP contribution in [0.15, 0.2) is 54.2 Å². The molecule has 174 valence electrons. The van der Waals surface area contributed by atoms with Crippen molar-refractivity contribution in [2.24, 2.45) is 0 Å². The summed E-state index contributed by atoms with van der Waals surface area (Å²) in [4.78, 5) is 40.2. The molecule has 0 N–H and O–H groups in total. The molecule has 2 amide bonds. The number of nitrogens with zero attached hydrogens (tertiary/aromatic N) is 3. The zero-order valence-corrected chi connectivity index (χ0v) is 18.3. The summed E-state index contributed by atoms with van der Waals surface area (Å²) in [6, 6.07) is 11.0. The van der Waals surface area contributed by atoms with E-state index in [-0.39, 0.29) is 23.5 Å². The fraction of sp³-hybridized carbons (Fsp3) is 0.304. The zero-order chi connectivity index (χ0) is 24.0. The lowest BCUT2D eigenvalue weighted by Gasteiger charge is -2.25. The number of non-ortho nitro benzene ring substituents is 1. The number of carbonyl (C=O) groups is 2. The summed E-state index contributed by atoms with van der Waals surface area (Å²) in [5.74, 6) is -1.47. The number of hydrogen-bond donors (Lipinski definition) is 0.